The molecule has 3 nitrogen and oxygen atoms in total. The van der Waals surface area contributed by atoms with Crippen molar-refractivity contribution in [3.63, 3.8) is 0 Å². The minimum Gasteiger partial charge on any atom is -0.333 e. The average Bonchev–Trinajstić information content (AvgIpc) is 2.71. The van der Waals surface area contributed by atoms with Gasteiger partial charge in [-0.1, -0.05) is 24.3 Å². The van der Waals surface area contributed by atoms with E-state index in [0.29, 0.717) is 5.56 Å². The summed E-state index contributed by atoms with van der Waals surface area (Å²) in [5.74, 6) is -0.399. The standard InChI is InChI=1S/C12H10N2O/c1-10(15)12-4-2-11(3-5-12)8-14-7-6-13-9-14/h1-7,9H,8H2. The molecule has 2 radical (unpaired) electrons. The molecule has 74 valence electrons. The lowest BCUT2D eigenvalue weighted by molar-refractivity contribution is 0.104. The number of imidazole rings is 1. The Morgan fingerprint density at radius 3 is 2.60 bits per heavy atom. The van der Waals surface area contributed by atoms with Crippen molar-refractivity contribution in [2.24, 2.45) is 0 Å². The highest BCUT2D eigenvalue weighted by molar-refractivity contribution is 5.99. The zero-order valence-electron chi connectivity index (χ0n) is 8.13. The van der Waals surface area contributed by atoms with Crippen molar-refractivity contribution < 1.29 is 4.79 Å². The van der Waals surface area contributed by atoms with Gasteiger partial charge in [-0.2, -0.15) is 0 Å². The summed E-state index contributed by atoms with van der Waals surface area (Å²) in [6.07, 6.45) is 5.38. The van der Waals surface area contributed by atoms with Gasteiger partial charge < -0.3 is 4.57 Å². The fourth-order valence-electron chi connectivity index (χ4n) is 1.37. The first-order valence-corrected chi connectivity index (χ1v) is 4.60. The van der Waals surface area contributed by atoms with Crippen LogP contribution in [0.3, 0.4) is 0 Å². The van der Waals surface area contributed by atoms with Crippen LogP contribution >= 0.6 is 0 Å². The molecule has 0 spiro atoms. The first kappa shape index (κ1) is 9.65. The predicted octanol–water partition coefficient (Wildman–Crippen LogP) is 1.83. The number of Topliss-reactive ketones (excluding diaryl/α,β-unsaturated/α-hetero) is 1. The minimum absolute atomic E-state index is 0.399. The first-order chi connectivity index (χ1) is 7.25. The van der Waals surface area contributed by atoms with Crippen LogP contribution in [0.4, 0.5) is 0 Å². The zero-order chi connectivity index (χ0) is 10.7. The third-order valence-electron chi connectivity index (χ3n) is 2.16. The number of benzene rings is 1. The Kier molecular flexibility index (Phi) is 2.63. The van der Waals surface area contributed by atoms with E-state index in [4.69, 9.17) is 6.92 Å². The van der Waals surface area contributed by atoms with Crippen molar-refractivity contribution in [1.29, 1.82) is 0 Å². The summed E-state index contributed by atoms with van der Waals surface area (Å²) in [6, 6.07) is 7.24. The molecule has 0 saturated heterocycles. The number of hydrogen-bond donors (Lipinski definition) is 0. The number of hydrogen-bond acceptors (Lipinski definition) is 2. The van der Waals surface area contributed by atoms with Crippen molar-refractivity contribution in [3.05, 3.63) is 61.0 Å². The smallest absolute Gasteiger partial charge is 0.167 e. The van der Waals surface area contributed by atoms with Crippen molar-refractivity contribution >= 4 is 5.78 Å². The van der Waals surface area contributed by atoms with Gasteiger partial charge in [0, 0.05) is 31.4 Å². The van der Waals surface area contributed by atoms with Gasteiger partial charge >= 0.3 is 0 Å². The van der Waals surface area contributed by atoms with Crippen LogP contribution in [0, 0.1) is 6.92 Å². The highest BCUT2D eigenvalue weighted by Crippen LogP contribution is 2.06. The molecule has 1 heterocycles. The zero-order valence-corrected chi connectivity index (χ0v) is 8.13. The highest BCUT2D eigenvalue weighted by atomic mass is 16.1. The molecule has 0 atom stereocenters. The number of ketones is 1. The largest absolute Gasteiger partial charge is 0.333 e. The molecule has 2 aromatic rings. The summed E-state index contributed by atoms with van der Waals surface area (Å²) in [7, 11) is 0. The predicted molar refractivity (Wildman–Crippen MR) is 56.4 cm³/mol. The number of aromatic nitrogens is 2. The third-order valence-corrected chi connectivity index (χ3v) is 2.16. The van der Waals surface area contributed by atoms with Gasteiger partial charge in [0.1, 0.15) is 0 Å². The molecular formula is C12H10N2O. The van der Waals surface area contributed by atoms with Crippen LogP contribution in [0.5, 0.6) is 0 Å². The molecule has 0 N–H and O–H groups in total. The molecule has 0 amide bonds. The minimum atomic E-state index is -0.399. The summed E-state index contributed by atoms with van der Waals surface area (Å²) in [6.45, 7) is 5.89. The topological polar surface area (TPSA) is 34.9 Å². The van der Waals surface area contributed by atoms with Crippen molar-refractivity contribution in [2.45, 2.75) is 6.54 Å². The maximum absolute atomic E-state index is 10.8. The van der Waals surface area contributed by atoms with E-state index in [9.17, 15) is 4.79 Å². The van der Waals surface area contributed by atoms with E-state index in [0.717, 1.165) is 12.1 Å². The van der Waals surface area contributed by atoms with Gasteiger partial charge in [0.05, 0.1) is 6.33 Å². The molecule has 0 aliphatic heterocycles. The monoisotopic (exact) mass is 198 g/mol. The van der Waals surface area contributed by atoms with E-state index in [2.05, 4.69) is 4.98 Å². The van der Waals surface area contributed by atoms with Crippen LogP contribution in [0.15, 0.2) is 43.0 Å². The van der Waals surface area contributed by atoms with E-state index >= 15 is 0 Å². The van der Waals surface area contributed by atoms with Crippen LogP contribution in [0.1, 0.15) is 15.9 Å². The van der Waals surface area contributed by atoms with Gasteiger partial charge in [0.15, 0.2) is 5.78 Å². The SMILES string of the molecule is [CH]C(=O)c1ccc(Cn2ccnc2)cc1. The summed E-state index contributed by atoms with van der Waals surface area (Å²) in [5.41, 5.74) is 1.64. The third kappa shape index (κ3) is 2.31. The number of nitrogens with zero attached hydrogens (tertiary/aromatic N) is 2. The van der Waals surface area contributed by atoms with E-state index in [1.807, 2.05) is 22.9 Å². The molecular weight excluding hydrogens is 188 g/mol. The van der Waals surface area contributed by atoms with Gasteiger partial charge in [-0.3, -0.25) is 4.79 Å². The highest BCUT2D eigenvalue weighted by Gasteiger charge is 1.99. The lowest BCUT2D eigenvalue weighted by atomic mass is 10.1. The quantitative estimate of drug-likeness (QED) is 0.705. The average molecular weight is 198 g/mol. The Morgan fingerprint density at radius 2 is 2.07 bits per heavy atom. The van der Waals surface area contributed by atoms with E-state index in [1.165, 1.54) is 0 Å². The Bertz CT molecular complexity index is 443. The van der Waals surface area contributed by atoms with Crippen LogP contribution in [0.2, 0.25) is 0 Å². The molecule has 0 unspecified atom stereocenters. The lowest BCUT2D eigenvalue weighted by Crippen LogP contribution is -1.97. The molecule has 0 aliphatic rings. The number of rotatable bonds is 3. The Balaban J connectivity index is 2.14. The molecule has 15 heavy (non-hydrogen) atoms. The van der Waals surface area contributed by atoms with Crippen molar-refractivity contribution in [1.82, 2.24) is 9.55 Å². The number of carbonyl (C=O) groups excluding carboxylic acids is 1. The fraction of sp³-hybridized carbons (Fsp3) is 0.0833. The summed E-state index contributed by atoms with van der Waals surface area (Å²) < 4.78 is 1.96. The lowest BCUT2D eigenvalue weighted by Gasteiger charge is -2.02. The maximum Gasteiger partial charge on any atom is 0.167 e. The van der Waals surface area contributed by atoms with Crippen LogP contribution in [-0.2, 0) is 6.54 Å². The second-order valence-corrected chi connectivity index (χ2v) is 3.30. The summed E-state index contributed by atoms with van der Waals surface area (Å²) >= 11 is 0. The molecule has 3 heteroatoms. The van der Waals surface area contributed by atoms with Gasteiger partial charge in [0.2, 0.25) is 0 Å². The molecule has 2 rings (SSSR count). The van der Waals surface area contributed by atoms with Crippen LogP contribution < -0.4 is 0 Å². The van der Waals surface area contributed by atoms with E-state index in [1.54, 1.807) is 24.7 Å². The summed E-state index contributed by atoms with van der Waals surface area (Å²) in [5, 5.41) is 0. The van der Waals surface area contributed by atoms with Crippen LogP contribution in [-0.4, -0.2) is 15.3 Å². The Hall–Kier alpha value is -1.90. The second kappa shape index (κ2) is 4.09. The molecule has 0 aliphatic carbocycles. The van der Waals surface area contributed by atoms with E-state index < -0.39 is 5.78 Å². The Morgan fingerprint density at radius 1 is 1.33 bits per heavy atom. The molecule has 1 aromatic carbocycles. The molecule has 1 aromatic heterocycles. The summed E-state index contributed by atoms with van der Waals surface area (Å²) in [4.78, 5) is 14.8. The van der Waals surface area contributed by atoms with Gasteiger partial charge in [0.25, 0.3) is 0 Å². The van der Waals surface area contributed by atoms with Crippen molar-refractivity contribution in [3.8, 4) is 0 Å². The van der Waals surface area contributed by atoms with Gasteiger partial charge in [-0.15, -0.1) is 0 Å². The maximum atomic E-state index is 10.8. The van der Waals surface area contributed by atoms with Gasteiger partial charge in [-0.05, 0) is 5.56 Å². The molecule has 0 saturated carbocycles. The number of carbonyl (C=O) groups is 1. The van der Waals surface area contributed by atoms with Crippen LogP contribution in [0.25, 0.3) is 0 Å². The normalized spacial score (nSPS) is 10.2. The Labute approximate surface area is 88.4 Å². The fourth-order valence-corrected chi connectivity index (χ4v) is 1.37. The molecule has 0 bridgehead atoms. The van der Waals surface area contributed by atoms with E-state index in [-0.39, 0.29) is 0 Å². The van der Waals surface area contributed by atoms with Gasteiger partial charge in [-0.25, -0.2) is 4.98 Å². The second-order valence-electron chi connectivity index (χ2n) is 3.30. The van der Waals surface area contributed by atoms with Crippen molar-refractivity contribution in [2.75, 3.05) is 0 Å². The molecule has 0 fully saturated rings. The first-order valence-electron chi connectivity index (χ1n) is 4.60.